The molecule has 0 atom stereocenters. The molecule has 1 amide bonds. The third-order valence-electron chi connectivity index (χ3n) is 6.75. The molecule has 0 saturated carbocycles. The van der Waals surface area contributed by atoms with Crippen LogP contribution in [0.5, 0.6) is 0 Å². The van der Waals surface area contributed by atoms with Crippen molar-refractivity contribution in [1.29, 1.82) is 0 Å². The van der Waals surface area contributed by atoms with Crippen LogP contribution in [0, 0.1) is 19.7 Å². The van der Waals surface area contributed by atoms with Crippen LogP contribution < -0.4 is 31.3 Å². The number of aryl methyl sites for hydroxylation is 2. The highest BCUT2D eigenvalue weighted by Gasteiger charge is 2.36. The van der Waals surface area contributed by atoms with Crippen molar-refractivity contribution < 1.29 is 22.4 Å². The molecule has 0 unspecified atom stereocenters. The van der Waals surface area contributed by atoms with Crippen LogP contribution in [0.15, 0.2) is 42.7 Å². The van der Waals surface area contributed by atoms with E-state index in [0.29, 0.717) is 18.3 Å². The van der Waals surface area contributed by atoms with Crippen LogP contribution in [0.2, 0.25) is 0 Å². The van der Waals surface area contributed by atoms with Gasteiger partial charge in [-0.05, 0) is 50.7 Å². The summed E-state index contributed by atoms with van der Waals surface area (Å²) < 4.78 is 57.7. The molecular formula is C28H36F4N8O. The number of benzene rings is 2. The highest BCUT2D eigenvalue weighted by molar-refractivity contribution is 6.05. The van der Waals surface area contributed by atoms with Crippen LogP contribution in [-0.2, 0) is 13.2 Å². The molecule has 1 aromatic heterocycles. The molecule has 9 nitrogen and oxygen atoms in total. The average Bonchev–Trinajstić information content (AvgIpc) is 3.26. The van der Waals surface area contributed by atoms with Crippen LogP contribution in [0.25, 0.3) is 5.70 Å². The average molecular weight is 577 g/mol. The fraction of sp³-hybridized carbons (Fsp3) is 0.357. The Morgan fingerprint density at radius 3 is 2.37 bits per heavy atom. The highest BCUT2D eigenvalue weighted by Crippen LogP contribution is 2.37. The van der Waals surface area contributed by atoms with Gasteiger partial charge < -0.3 is 20.9 Å². The number of carbonyl (C=O) groups excluding carboxylic acids is 1. The Labute approximate surface area is 237 Å². The fourth-order valence-corrected chi connectivity index (χ4v) is 4.19. The molecule has 3 aromatic rings. The van der Waals surface area contributed by atoms with Gasteiger partial charge in [-0.1, -0.05) is 6.07 Å². The standard InChI is InChI=1S/C28H36F4N8O/c1-17-8-9-19(12-24(17)40(35-5)16-23(34-4)21-15-36-39(7)18(21)2)27(41)37-20-13-22(28(30,31)32)26(29)25(14-20)38(6)11-10-33-3/h8-9,12-16,33-35H,10-11H2,1-7H3,(H,37,41)/b23-16-. The van der Waals surface area contributed by atoms with Crippen LogP contribution in [0.4, 0.5) is 34.6 Å². The van der Waals surface area contributed by atoms with E-state index in [1.807, 2.05) is 27.1 Å². The molecule has 4 N–H and O–H groups in total. The minimum Gasteiger partial charge on any atom is -0.386 e. The largest absolute Gasteiger partial charge is 0.419 e. The van der Waals surface area contributed by atoms with Crippen molar-refractivity contribution in [2.45, 2.75) is 20.0 Å². The van der Waals surface area contributed by atoms with Gasteiger partial charge in [0.15, 0.2) is 5.82 Å². The molecule has 0 fully saturated rings. The normalized spacial score (nSPS) is 11.9. The molecule has 0 aliphatic heterocycles. The lowest BCUT2D eigenvalue weighted by molar-refractivity contribution is -0.139. The van der Waals surface area contributed by atoms with E-state index in [-0.39, 0.29) is 23.5 Å². The number of aromatic nitrogens is 2. The fourth-order valence-electron chi connectivity index (χ4n) is 4.19. The number of anilines is 3. The number of nitrogens with zero attached hydrogens (tertiary/aromatic N) is 4. The summed E-state index contributed by atoms with van der Waals surface area (Å²) in [4.78, 5) is 14.6. The van der Waals surface area contributed by atoms with E-state index in [1.165, 1.54) is 18.0 Å². The lowest BCUT2D eigenvalue weighted by Gasteiger charge is -2.24. The van der Waals surface area contributed by atoms with Gasteiger partial charge >= 0.3 is 6.18 Å². The highest BCUT2D eigenvalue weighted by atomic mass is 19.4. The summed E-state index contributed by atoms with van der Waals surface area (Å²) in [6.45, 7) is 4.49. The van der Waals surface area contributed by atoms with Crippen molar-refractivity contribution in [3.63, 3.8) is 0 Å². The monoisotopic (exact) mass is 576 g/mol. The first-order valence-electron chi connectivity index (χ1n) is 12.9. The van der Waals surface area contributed by atoms with E-state index in [1.54, 1.807) is 55.2 Å². The predicted molar refractivity (Wildman–Crippen MR) is 154 cm³/mol. The Kier molecular flexibility index (Phi) is 10.00. The maximum Gasteiger partial charge on any atom is 0.419 e. The summed E-state index contributed by atoms with van der Waals surface area (Å²) in [6, 6.07) is 6.74. The van der Waals surface area contributed by atoms with Gasteiger partial charge in [-0.15, -0.1) is 0 Å². The minimum atomic E-state index is -4.95. The second-order valence-electron chi connectivity index (χ2n) is 9.49. The summed E-state index contributed by atoms with van der Waals surface area (Å²) in [6.07, 6.45) is -1.39. The van der Waals surface area contributed by atoms with Crippen LogP contribution >= 0.6 is 0 Å². The summed E-state index contributed by atoms with van der Waals surface area (Å²) in [5.74, 6) is -2.04. The molecule has 1 heterocycles. The second kappa shape index (κ2) is 13.0. The third kappa shape index (κ3) is 7.16. The van der Waals surface area contributed by atoms with Crippen LogP contribution in [0.1, 0.15) is 32.7 Å². The summed E-state index contributed by atoms with van der Waals surface area (Å²) in [5, 5.41) is 14.6. The topological polar surface area (TPSA) is 89.5 Å². The van der Waals surface area contributed by atoms with E-state index in [0.717, 1.165) is 22.5 Å². The zero-order valence-electron chi connectivity index (χ0n) is 24.2. The van der Waals surface area contributed by atoms with E-state index < -0.39 is 23.5 Å². The molecule has 0 saturated heterocycles. The Morgan fingerprint density at radius 2 is 1.80 bits per heavy atom. The molecule has 0 spiro atoms. The Hall–Kier alpha value is -4.10. The van der Waals surface area contributed by atoms with Crippen molar-refractivity contribution in [3.8, 4) is 0 Å². The van der Waals surface area contributed by atoms with Crippen molar-refractivity contribution in [2.24, 2.45) is 7.05 Å². The maximum absolute atomic E-state index is 14.9. The molecule has 41 heavy (non-hydrogen) atoms. The number of carbonyl (C=O) groups is 1. The number of likely N-dealkylation sites (N-methyl/N-ethyl adjacent to an activating group) is 2. The Morgan fingerprint density at radius 1 is 1.10 bits per heavy atom. The predicted octanol–water partition coefficient (Wildman–Crippen LogP) is 4.26. The van der Waals surface area contributed by atoms with Gasteiger partial charge in [0, 0.05) is 70.0 Å². The first-order chi connectivity index (χ1) is 19.3. The molecule has 3 rings (SSSR count). The number of halogens is 4. The molecule has 0 aliphatic rings. The molecule has 13 heteroatoms. The zero-order chi connectivity index (χ0) is 30.5. The van der Waals surface area contributed by atoms with Crippen LogP contribution in [0.3, 0.4) is 0 Å². The summed E-state index contributed by atoms with van der Waals surface area (Å²) >= 11 is 0. The van der Waals surface area contributed by atoms with Gasteiger partial charge in [-0.2, -0.15) is 18.3 Å². The number of alkyl halides is 3. The zero-order valence-corrected chi connectivity index (χ0v) is 24.2. The molecular weight excluding hydrogens is 540 g/mol. The van der Waals surface area contributed by atoms with Gasteiger partial charge in [0.25, 0.3) is 5.91 Å². The van der Waals surface area contributed by atoms with E-state index in [9.17, 15) is 22.4 Å². The van der Waals surface area contributed by atoms with Crippen molar-refractivity contribution in [1.82, 2.24) is 25.8 Å². The Balaban J connectivity index is 1.98. The quantitative estimate of drug-likeness (QED) is 0.200. The molecule has 0 bridgehead atoms. The lowest BCUT2D eigenvalue weighted by Crippen LogP contribution is -2.32. The first kappa shape index (κ1) is 31.4. The molecule has 222 valence electrons. The van der Waals surface area contributed by atoms with Crippen molar-refractivity contribution in [3.05, 3.63) is 76.5 Å². The maximum atomic E-state index is 14.9. The second-order valence-corrected chi connectivity index (χ2v) is 9.49. The first-order valence-corrected chi connectivity index (χ1v) is 12.9. The number of nitrogens with one attached hydrogen (secondary N) is 4. The van der Waals surface area contributed by atoms with Gasteiger partial charge in [-0.3, -0.25) is 14.5 Å². The number of hydrogen-bond acceptors (Lipinski definition) is 7. The Bertz CT molecular complexity index is 1420. The number of amides is 1. The van der Waals surface area contributed by atoms with Gasteiger partial charge in [0.1, 0.15) is 0 Å². The van der Waals surface area contributed by atoms with Crippen molar-refractivity contribution >= 4 is 28.7 Å². The van der Waals surface area contributed by atoms with E-state index in [2.05, 4.69) is 26.5 Å². The SMILES string of the molecule is CNCCN(C)c1cc(NC(=O)c2ccc(C)c(N(/C=C(\NC)c3cnn(C)c3C)NC)c2)cc(C(F)(F)F)c1F. The summed E-state index contributed by atoms with van der Waals surface area (Å²) in [5.41, 5.74) is 5.44. The van der Waals surface area contributed by atoms with E-state index in [4.69, 9.17) is 0 Å². The van der Waals surface area contributed by atoms with Crippen LogP contribution in [-0.4, -0.2) is 57.0 Å². The number of hydrogen-bond donors (Lipinski definition) is 4. The molecule has 0 aliphatic carbocycles. The van der Waals surface area contributed by atoms with Gasteiger partial charge in [-0.25, -0.2) is 9.82 Å². The molecule has 0 radical (unpaired) electrons. The van der Waals surface area contributed by atoms with Crippen molar-refractivity contribution in [2.75, 3.05) is 56.5 Å². The number of rotatable bonds is 11. The minimum absolute atomic E-state index is 0.174. The lowest BCUT2D eigenvalue weighted by atomic mass is 10.1. The third-order valence-corrected chi connectivity index (χ3v) is 6.75. The number of hydrazine groups is 1. The van der Waals surface area contributed by atoms with Gasteiger partial charge in [0.05, 0.1) is 28.8 Å². The van der Waals surface area contributed by atoms with E-state index >= 15 is 0 Å². The smallest absolute Gasteiger partial charge is 0.386 e. The van der Waals surface area contributed by atoms with Gasteiger partial charge in [0.2, 0.25) is 0 Å². The summed E-state index contributed by atoms with van der Waals surface area (Å²) in [7, 11) is 8.51. The molecule has 2 aromatic carbocycles.